The van der Waals surface area contributed by atoms with Crippen molar-refractivity contribution in [2.24, 2.45) is 0 Å². The summed E-state index contributed by atoms with van der Waals surface area (Å²) in [6.07, 6.45) is 1.35. The lowest BCUT2D eigenvalue weighted by atomic mass is 10.2. The fourth-order valence-electron chi connectivity index (χ4n) is 1.89. The minimum atomic E-state index is 0.123. The van der Waals surface area contributed by atoms with Crippen LogP contribution in [0.1, 0.15) is 19.0 Å². The first-order valence-electron chi connectivity index (χ1n) is 6.54. The van der Waals surface area contributed by atoms with Gasteiger partial charge in [-0.2, -0.15) is 0 Å². The van der Waals surface area contributed by atoms with Gasteiger partial charge in [0.2, 0.25) is 5.91 Å². The fourth-order valence-corrected chi connectivity index (χ4v) is 3.11. The molecular weight excluding hydrogens is 336 g/mol. The summed E-state index contributed by atoms with van der Waals surface area (Å²) in [4.78, 5) is 18.3. The average molecular weight is 353 g/mol. The fraction of sp³-hybridized carbons (Fsp3) is 0.333. The highest BCUT2D eigenvalue weighted by Crippen LogP contribution is 2.26. The third kappa shape index (κ3) is 3.90. The number of hydrogen-bond donors (Lipinski definition) is 0. The van der Waals surface area contributed by atoms with E-state index in [2.05, 4.69) is 27.8 Å². The Kier molecular flexibility index (Phi) is 5.31. The molecule has 1 aromatic carbocycles. The van der Waals surface area contributed by atoms with Gasteiger partial charge in [-0.3, -0.25) is 4.79 Å². The maximum absolute atomic E-state index is 12.0. The van der Waals surface area contributed by atoms with Crippen LogP contribution in [-0.2, 0) is 11.2 Å². The quantitative estimate of drug-likeness (QED) is 0.815. The van der Waals surface area contributed by atoms with Crippen LogP contribution in [0.5, 0.6) is 0 Å². The van der Waals surface area contributed by atoms with Crippen LogP contribution >= 0.6 is 27.3 Å². The number of rotatable bonds is 5. The molecule has 0 aliphatic rings. The van der Waals surface area contributed by atoms with E-state index in [0.29, 0.717) is 6.42 Å². The first-order chi connectivity index (χ1) is 9.60. The summed E-state index contributed by atoms with van der Waals surface area (Å²) in [5.41, 5.74) is 1.92. The molecule has 1 heterocycles. The first-order valence-corrected chi connectivity index (χ1v) is 8.21. The highest BCUT2D eigenvalue weighted by Gasteiger charge is 2.12. The Morgan fingerprint density at radius 2 is 2.25 bits per heavy atom. The molecule has 0 aliphatic heterocycles. The Labute approximate surface area is 131 Å². The van der Waals surface area contributed by atoms with Gasteiger partial charge in [0.1, 0.15) is 5.01 Å². The zero-order valence-corrected chi connectivity index (χ0v) is 14.0. The van der Waals surface area contributed by atoms with Gasteiger partial charge in [-0.25, -0.2) is 4.98 Å². The number of hydrogen-bond acceptors (Lipinski definition) is 3. The number of carbonyl (C=O) groups is 1. The van der Waals surface area contributed by atoms with Gasteiger partial charge >= 0.3 is 0 Å². The molecule has 3 nitrogen and oxygen atoms in total. The van der Waals surface area contributed by atoms with Crippen molar-refractivity contribution in [1.29, 1.82) is 0 Å². The van der Waals surface area contributed by atoms with Gasteiger partial charge in [-0.05, 0) is 18.6 Å². The second-order valence-corrected chi connectivity index (χ2v) is 6.42. The van der Waals surface area contributed by atoms with Gasteiger partial charge in [0.05, 0.1) is 12.1 Å². The molecule has 5 heteroatoms. The molecule has 0 spiro atoms. The highest BCUT2D eigenvalue weighted by atomic mass is 79.9. The van der Waals surface area contributed by atoms with E-state index in [1.54, 1.807) is 16.2 Å². The number of thiazole rings is 1. The average Bonchev–Trinajstić information content (AvgIpc) is 2.87. The zero-order chi connectivity index (χ0) is 14.5. The predicted octanol–water partition coefficient (Wildman–Crippen LogP) is 3.98. The largest absolute Gasteiger partial charge is 0.345 e. The second-order valence-electron chi connectivity index (χ2n) is 4.65. The van der Waals surface area contributed by atoms with Crippen molar-refractivity contribution >= 4 is 33.2 Å². The van der Waals surface area contributed by atoms with Crippen molar-refractivity contribution in [1.82, 2.24) is 9.88 Å². The van der Waals surface area contributed by atoms with E-state index in [0.717, 1.165) is 33.7 Å². The number of amides is 1. The van der Waals surface area contributed by atoms with Gasteiger partial charge in [-0.15, -0.1) is 11.3 Å². The van der Waals surface area contributed by atoms with Crippen molar-refractivity contribution in [3.8, 4) is 10.6 Å². The van der Waals surface area contributed by atoms with Crippen LogP contribution in [0.25, 0.3) is 10.6 Å². The Bertz CT molecular complexity index is 597. The smallest absolute Gasteiger partial charge is 0.228 e. The molecule has 0 bridgehead atoms. The van der Waals surface area contributed by atoms with Crippen LogP contribution in [0.4, 0.5) is 0 Å². The number of nitrogens with zero attached hydrogens (tertiary/aromatic N) is 2. The summed E-state index contributed by atoms with van der Waals surface area (Å²) in [7, 11) is 1.84. The highest BCUT2D eigenvalue weighted by molar-refractivity contribution is 9.10. The molecule has 0 N–H and O–H groups in total. The van der Waals surface area contributed by atoms with E-state index in [9.17, 15) is 4.79 Å². The molecule has 0 atom stereocenters. The van der Waals surface area contributed by atoms with E-state index in [-0.39, 0.29) is 5.91 Å². The van der Waals surface area contributed by atoms with Crippen LogP contribution in [0.3, 0.4) is 0 Å². The van der Waals surface area contributed by atoms with Crippen molar-refractivity contribution in [2.75, 3.05) is 13.6 Å². The van der Waals surface area contributed by atoms with Crippen LogP contribution in [-0.4, -0.2) is 29.4 Å². The maximum Gasteiger partial charge on any atom is 0.228 e. The van der Waals surface area contributed by atoms with E-state index in [1.165, 1.54) is 0 Å². The summed E-state index contributed by atoms with van der Waals surface area (Å²) in [5, 5.41) is 2.92. The van der Waals surface area contributed by atoms with Crippen LogP contribution in [0.2, 0.25) is 0 Å². The maximum atomic E-state index is 12.0. The van der Waals surface area contributed by atoms with Crippen LogP contribution in [0.15, 0.2) is 34.1 Å². The third-order valence-electron chi connectivity index (χ3n) is 2.94. The molecule has 0 unspecified atom stereocenters. The van der Waals surface area contributed by atoms with Crippen molar-refractivity contribution in [2.45, 2.75) is 19.8 Å². The summed E-state index contributed by atoms with van der Waals surface area (Å²) in [5.74, 6) is 0.123. The molecule has 1 amide bonds. The Hall–Kier alpha value is -1.20. The molecule has 0 saturated heterocycles. The summed E-state index contributed by atoms with van der Waals surface area (Å²) >= 11 is 5.03. The first kappa shape index (κ1) is 15.2. The molecule has 0 fully saturated rings. The number of benzene rings is 1. The monoisotopic (exact) mass is 352 g/mol. The number of likely N-dealkylation sites (N-methyl/N-ethyl adjacent to an activating group) is 1. The minimum Gasteiger partial charge on any atom is -0.345 e. The van der Waals surface area contributed by atoms with Gasteiger partial charge in [0.15, 0.2) is 0 Å². The normalized spacial score (nSPS) is 10.6. The number of carbonyl (C=O) groups excluding carboxylic acids is 1. The van der Waals surface area contributed by atoms with E-state index in [4.69, 9.17) is 0 Å². The van der Waals surface area contributed by atoms with E-state index >= 15 is 0 Å². The lowest BCUT2D eigenvalue weighted by molar-refractivity contribution is -0.129. The Morgan fingerprint density at radius 3 is 2.95 bits per heavy atom. The van der Waals surface area contributed by atoms with Gasteiger partial charge in [0.25, 0.3) is 0 Å². The Balaban J connectivity index is 2.08. The molecule has 0 radical (unpaired) electrons. The van der Waals surface area contributed by atoms with E-state index < -0.39 is 0 Å². The zero-order valence-electron chi connectivity index (χ0n) is 11.6. The van der Waals surface area contributed by atoms with Gasteiger partial charge in [0, 0.05) is 29.0 Å². The molecule has 106 valence electrons. The van der Waals surface area contributed by atoms with Crippen molar-refractivity contribution < 1.29 is 4.79 Å². The standard InChI is InChI=1S/C15H17BrN2OS/c1-3-7-18(2)14(19)9-13-10-20-15(17-13)11-5-4-6-12(16)8-11/h4-6,8,10H,3,7,9H2,1-2H3. The molecular formula is C15H17BrN2OS. The topological polar surface area (TPSA) is 33.2 Å². The summed E-state index contributed by atoms with van der Waals surface area (Å²) < 4.78 is 1.03. The van der Waals surface area contributed by atoms with Crippen LogP contribution < -0.4 is 0 Å². The van der Waals surface area contributed by atoms with Crippen molar-refractivity contribution in [3.05, 3.63) is 39.8 Å². The molecule has 2 rings (SSSR count). The van der Waals surface area contributed by atoms with E-state index in [1.807, 2.05) is 36.7 Å². The lowest BCUT2D eigenvalue weighted by Crippen LogP contribution is -2.28. The minimum absolute atomic E-state index is 0.123. The Morgan fingerprint density at radius 1 is 1.45 bits per heavy atom. The lowest BCUT2D eigenvalue weighted by Gasteiger charge is -2.14. The predicted molar refractivity (Wildman–Crippen MR) is 86.9 cm³/mol. The summed E-state index contributed by atoms with van der Waals surface area (Å²) in [6, 6.07) is 8.04. The van der Waals surface area contributed by atoms with Gasteiger partial charge < -0.3 is 4.90 Å². The molecule has 2 aromatic rings. The molecule has 0 aliphatic carbocycles. The summed E-state index contributed by atoms with van der Waals surface area (Å²) in [6.45, 7) is 2.86. The molecule has 20 heavy (non-hydrogen) atoms. The number of halogens is 1. The molecule has 1 aromatic heterocycles. The third-order valence-corrected chi connectivity index (χ3v) is 4.37. The molecule has 0 saturated carbocycles. The SMILES string of the molecule is CCCN(C)C(=O)Cc1csc(-c2cccc(Br)c2)n1. The second kappa shape index (κ2) is 6.99. The number of aromatic nitrogens is 1. The van der Waals surface area contributed by atoms with Gasteiger partial charge in [-0.1, -0.05) is 35.0 Å². The van der Waals surface area contributed by atoms with Crippen LogP contribution in [0, 0.1) is 0 Å². The van der Waals surface area contributed by atoms with Crippen molar-refractivity contribution in [3.63, 3.8) is 0 Å².